The van der Waals surface area contributed by atoms with Crippen molar-refractivity contribution in [2.24, 2.45) is 0 Å². The van der Waals surface area contributed by atoms with E-state index in [0.29, 0.717) is 17.7 Å². The highest BCUT2D eigenvalue weighted by molar-refractivity contribution is 7.89. The van der Waals surface area contributed by atoms with Gasteiger partial charge in [-0.1, -0.05) is 0 Å². The zero-order valence-corrected chi connectivity index (χ0v) is 12.8. The molecule has 21 heavy (non-hydrogen) atoms. The highest BCUT2D eigenvalue weighted by Gasteiger charge is 2.23. The van der Waals surface area contributed by atoms with Crippen LogP contribution in [0.5, 0.6) is 0 Å². The van der Waals surface area contributed by atoms with Crippen LogP contribution in [0.25, 0.3) is 0 Å². The first-order valence-electron chi connectivity index (χ1n) is 6.68. The molecule has 0 bridgehead atoms. The molecular weight excluding hydrogens is 296 g/mol. The highest BCUT2D eigenvalue weighted by Crippen LogP contribution is 2.25. The van der Waals surface area contributed by atoms with Crippen LogP contribution in [0.1, 0.15) is 24.0 Å². The van der Waals surface area contributed by atoms with Gasteiger partial charge in [0, 0.05) is 24.8 Å². The summed E-state index contributed by atoms with van der Waals surface area (Å²) < 4.78 is 32.3. The summed E-state index contributed by atoms with van der Waals surface area (Å²) in [5.74, 6) is 0. The van der Waals surface area contributed by atoms with Gasteiger partial charge in [-0.3, -0.25) is 10.1 Å². The molecule has 0 aromatic heterocycles. The molecule has 1 saturated heterocycles. The molecule has 1 N–H and O–H groups in total. The molecule has 0 aliphatic carbocycles. The van der Waals surface area contributed by atoms with Crippen LogP contribution < -0.4 is 4.72 Å². The number of hydrogen-bond acceptors (Lipinski definition) is 5. The summed E-state index contributed by atoms with van der Waals surface area (Å²) in [6.45, 7) is 4.08. The van der Waals surface area contributed by atoms with Crippen LogP contribution in [0.15, 0.2) is 17.0 Å². The number of nitro groups is 1. The Morgan fingerprint density at radius 2 is 2.14 bits per heavy atom. The second-order valence-corrected chi connectivity index (χ2v) is 6.90. The van der Waals surface area contributed by atoms with E-state index in [1.54, 1.807) is 13.8 Å². The van der Waals surface area contributed by atoms with E-state index in [1.807, 2.05) is 0 Å². The lowest BCUT2D eigenvalue weighted by Crippen LogP contribution is -2.31. The number of aryl methyl sites for hydroxylation is 1. The monoisotopic (exact) mass is 314 g/mol. The van der Waals surface area contributed by atoms with Crippen LogP contribution in [0.4, 0.5) is 5.69 Å². The average molecular weight is 314 g/mol. The normalized spacial score (nSPS) is 18.9. The molecule has 1 aromatic rings. The molecule has 1 aromatic carbocycles. The molecule has 7 nitrogen and oxygen atoms in total. The zero-order valence-electron chi connectivity index (χ0n) is 12.0. The van der Waals surface area contributed by atoms with Crippen LogP contribution in [0.3, 0.4) is 0 Å². The van der Waals surface area contributed by atoms with Crippen LogP contribution in [-0.4, -0.2) is 32.6 Å². The number of rotatable bonds is 5. The summed E-state index contributed by atoms with van der Waals surface area (Å²) in [6.07, 6.45) is 1.61. The Hall–Kier alpha value is -1.51. The second kappa shape index (κ2) is 6.08. The molecule has 1 aliphatic rings. The molecule has 8 heteroatoms. The molecule has 1 heterocycles. The van der Waals surface area contributed by atoms with E-state index in [9.17, 15) is 18.5 Å². The molecule has 2 rings (SSSR count). The molecule has 1 atom stereocenters. The fourth-order valence-electron chi connectivity index (χ4n) is 2.24. The Labute approximate surface area is 123 Å². The van der Waals surface area contributed by atoms with Crippen molar-refractivity contribution in [1.82, 2.24) is 4.72 Å². The zero-order chi connectivity index (χ0) is 15.6. The quantitative estimate of drug-likeness (QED) is 0.658. The maximum atomic E-state index is 12.2. The summed E-state index contributed by atoms with van der Waals surface area (Å²) >= 11 is 0. The predicted molar refractivity (Wildman–Crippen MR) is 76.7 cm³/mol. The van der Waals surface area contributed by atoms with Gasteiger partial charge in [0.15, 0.2) is 0 Å². The molecule has 0 unspecified atom stereocenters. The molecular formula is C13H18N2O5S. The number of nitrogens with zero attached hydrogens (tertiary/aromatic N) is 1. The minimum atomic E-state index is -3.78. The molecule has 0 amide bonds. The smallest absolute Gasteiger partial charge is 0.273 e. The number of ether oxygens (including phenoxy) is 1. The number of nitro benzene ring substituents is 1. The van der Waals surface area contributed by atoms with Crippen molar-refractivity contribution < 1.29 is 18.1 Å². The van der Waals surface area contributed by atoms with Crippen LogP contribution in [0, 0.1) is 24.0 Å². The Morgan fingerprint density at radius 3 is 2.71 bits per heavy atom. The first-order valence-corrected chi connectivity index (χ1v) is 8.16. The van der Waals surface area contributed by atoms with Gasteiger partial charge in [0.1, 0.15) is 0 Å². The van der Waals surface area contributed by atoms with Gasteiger partial charge in [-0.2, -0.15) is 0 Å². The number of benzene rings is 1. The fraction of sp³-hybridized carbons (Fsp3) is 0.538. The Morgan fingerprint density at radius 1 is 1.43 bits per heavy atom. The van der Waals surface area contributed by atoms with Gasteiger partial charge < -0.3 is 4.74 Å². The third kappa shape index (κ3) is 3.58. The van der Waals surface area contributed by atoms with E-state index in [2.05, 4.69) is 4.72 Å². The van der Waals surface area contributed by atoms with Crippen molar-refractivity contribution >= 4 is 15.7 Å². The third-order valence-corrected chi connectivity index (χ3v) is 5.05. The molecule has 0 saturated carbocycles. The first-order chi connectivity index (χ1) is 9.81. The summed E-state index contributed by atoms with van der Waals surface area (Å²) in [4.78, 5) is 10.3. The first kappa shape index (κ1) is 15.9. The van der Waals surface area contributed by atoms with E-state index in [1.165, 1.54) is 6.07 Å². The van der Waals surface area contributed by atoms with E-state index in [4.69, 9.17) is 4.74 Å². The van der Waals surface area contributed by atoms with Crippen LogP contribution in [0.2, 0.25) is 0 Å². The average Bonchev–Trinajstić information content (AvgIpc) is 2.92. The van der Waals surface area contributed by atoms with Crippen molar-refractivity contribution in [2.75, 3.05) is 13.2 Å². The lowest BCUT2D eigenvalue weighted by molar-refractivity contribution is -0.385. The van der Waals surface area contributed by atoms with Crippen LogP contribution >= 0.6 is 0 Å². The molecule has 0 radical (unpaired) electrons. The van der Waals surface area contributed by atoms with Gasteiger partial charge >= 0.3 is 0 Å². The predicted octanol–water partition coefficient (Wildman–Crippen LogP) is 1.67. The Kier molecular flexibility index (Phi) is 4.60. The van der Waals surface area contributed by atoms with Crippen molar-refractivity contribution in [3.8, 4) is 0 Å². The van der Waals surface area contributed by atoms with Gasteiger partial charge in [-0.15, -0.1) is 0 Å². The standard InChI is InChI=1S/C13H18N2O5S/c1-9-6-12(7-13(10(9)2)15(16)17)21(18,19)14-8-11-4-3-5-20-11/h6-7,11,14H,3-5,8H2,1-2H3/t11-/m1/s1. The van der Waals surface area contributed by atoms with Gasteiger partial charge in [-0.05, 0) is 38.3 Å². The summed E-state index contributed by atoms with van der Waals surface area (Å²) in [7, 11) is -3.78. The molecule has 1 fully saturated rings. The van der Waals surface area contributed by atoms with E-state index in [-0.39, 0.29) is 23.2 Å². The maximum Gasteiger partial charge on any atom is 0.273 e. The molecule has 1 aliphatic heterocycles. The van der Waals surface area contributed by atoms with E-state index < -0.39 is 14.9 Å². The molecule has 0 spiro atoms. The summed E-state index contributed by atoms with van der Waals surface area (Å²) in [6, 6.07) is 2.54. The topological polar surface area (TPSA) is 98.5 Å². The lowest BCUT2D eigenvalue weighted by atomic mass is 10.1. The van der Waals surface area contributed by atoms with E-state index >= 15 is 0 Å². The van der Waals surface area contributed by atoms with Crippen molar-refractivity contribution in [1.29, 1.82) is 0 Å². The minimum Gasteiger partial charge on any atom is -0.377 e. The summed E-state index contributed by atoms with van der Waals surface area (Å²) in [5.41, 5.74) is 0.854. The lowest BCUT2D eigenvalue weighted by Gasteiger charge is -2.12. The van der Waals surface area contributed by atoms with E-state index in [0.717, 1.165) is 18.9 Å². The van der Waals surface area contributed by atoms with Gasteiger partial charge in [0.2, 0.25) is 10.0 Å². The summed E-state index contributed by atoms with van der Waals surface area (Å²) in [5, 5.41) is 11.0. The fourth-order valence-corrected chi connectivity index (χ4v) is 3.42. The Balaban J connectivity index is 2.24. The van der Waals surface area contributed by atoms with Gasteiger partial charge in [-0.25, -0.2) is 13.1 Å². The van der Waals surface area contributed by atoms with Crippen molar-refractivity contribution in [2.45, 2.75) is 37.7 Å². The van der Waals surface area contributed by atoms with Crippen molar-refractivity contribution in [3.63, 3.8) is 0 Å². The third-order valence-electron chi connectivity index (χ3n) is 3.65. The largest absolute Gasteiger partial charge is 0.377 e. The molecule has 116 valence electrons. The second-order valence-electron chi connectivity index (χ2n) is 5.13. The van der Waals surface area contributed by atoms with Crippen LogP contribution in [-0.2, 0) is 14.8 Å². The maximum absolute atomic E-state index is 12.2. The van der Waals surface area contributed by atoms with Gasteiger partial charge in [0.25, 0.3) is 5.69 Å². The highest BCUT2D eigenvalue weighted by atomic mass is 32.2. The number of nitrogens with one attached hydrogen (secondary N) is 1. The van der Waals surface area contributed by atoms with Crippen molar-refractivity contribution in [3.05, 3.63) is 33.4 Å². The minimum absolute atomic E-state index is 0.0877. The van der Waals surface area contributed by atoms with Gasteiger partial charge in [0.05, 0.1) is 15.9 Å². The SMILES string of the molecule is Cc1cc(S(=O)(=O)NC[C@H]2CCCO2)cc([N+](=O)[O-])c1C. The number of hydrogen-bond donors (Lipinski definition) is 1. The number of sulfonamides is 1. The Bertz CT molecular complexity index is 651.